The molecule has 0 fully saturated rings. The van der Waals surface area contributed by atoms with Crippen molar-refractivity contribution in [3.63, 3.8) is 0 Å². The molecule has 0 amide bonds. The lowest BCUT2D eigenvalue weighted by Crippen LogP contribution is -2.11. The van der Waals surface area contributed by atoms with Crippen LogP contribution >= 0.6 is 0 Å². The summed E-state index contributed by atoms with van der Waals surface area (Å²) in [6, 6.07) is 7.07. The molecule has 0 aliphatic rings. The predicted molar refractivity (Wildman–Crippen MR) is 107 cm³/mol. The van der Waals surface area contributed by atoms with Gasteiger partial charge >= 0.3 is 12.4 Å². The van der Waals surface area contributed by atoms with E-state index in [9.17, 15) is 30.7 Å². The molecule has 0 bridgehead atoms. The molecule has 0 saturated heterocycles. The Morgan fingerprint density at radius 2 is 1.42 bits per heavy atom. The average Bonchev–Trinajstić information content (AvgIpc) is 3.22. The minimum atomic E-state index is -4.98. The van der Waals surface area contributed by atoms with Gasteiger partial charge in [-0.2, -0.15) is 26.3 Å². The van der Waals surface area contributed by atoms with Crippen LogP contribution in [-0.4, -0.2) is 14.5 Å². The second-order valence-corrected chi connectivity index (χ2v) is 7.30. The van der Waals surface area contributed by atoms with Crippen LogP contribution in [0.3, 0.4) is 0 Å². The highest BCUT2D eigenvalue weighted by atomic mass is 19.4. The van der Waals surface area contributed by atoms with E-state index in [0.29, 0.717) is 34.5 Å². The molecule has 33 heavy (non-hydrogen) atoms. The molecule has 4 aromatic rings. The number of hydrogen-bond donors (Lipinski definition) is 0. The van der Waals surface area contributed by atoms with Crippen LogP contribution in [-0.2, 0) is 12.4 Å². The molecule has 4 rings (SSSR count). The van der Waals surface area contributed by atoms with Crippen molar-refractivity contribution in [2.45, 2.75) is 19.3 Å². The van der Waals surface area contributed by atoms with Crippen molar-refractivity contribution in [3.05, 3.63) is 89.9 Å². The summed E-state index contributed by atoms with van der Waals surface area (Å²) in [5, 5.41) is 0. The largest absolute Gasteiger partial charge is 0.416 e. The molecule has 0 aliphatic carbocycles. The van der Waals surface area contributed by atoms with Gasteiger partial charge in [-0.3, -0.25) is 9.55 Å². The minimum absolute atomic E-state index is 0.000569. The lowest BCUT2D eigenvalue weighted by Gasteiger charge is -2.17. The van der Waals surface area contributed by atoms with Crippen LogP contribution in [0.4, 0.5) is 30.7 Å². The molecular formula is C23H14F7N3. The number of hydrogen-bond acceptors (Lipinski definition) is 2. The zero-order valence-corrected chi connectivity index (χ0v) is 16.8. The fourth-order valence-corrected chi connectivity index (χ4v) is 3.54. The number of halogens is 7. The molecule has 0 N–H and O–H groups in total. The van der Waals surface area contributed by atoms with Crippen molar-refractivity contribution < 1.29 is 30.7 Å². The highest BCUT2D eigenvalue weighted by molar-refractivity contribution is 5.77. The number of aromatic nitrogens is 3. The standard InChI is InChI=1S/C23H14F7N3/c1-13-6-17(24)2-3-18(13)19-4-5-31-11-21(19)33-12-32-10-20(33)14-7-15(22(25,26)27)9-16(8-14)23(28,29)30/h2-12H,1H3. The maximum Gasteiger partial charge on any atom is 0.416 e. The van der Waals surface area contributed by atoms with Crippen LogP contribution in [0.15, 0.2) is 67.4 Å². The van der Waals surface area contributed by atoms with Gasteiger partial charge in [0.25, 0.3) is 0 Å². The Morgan fingerprint density at radius 3 is 2.03 bits per heavy atom. The summed E-state index contributed by atoms with van der Waals surface area (Å²) >= 11 is 0. The maximum absolute atomic E-state index is 13.6. The maximum atomic E-state index is 13.6. The third-order valence-electron chi connectivity index (χ3n) is 5.06. The Hall–Kier alpha value is -3.69. The van der Waals surface area contributed by atoms with Gasteiger partial charge in [-0.1, -0.05) is 6.07 Å². The van der Waals surface area contributed by atoms with E-state index in [1.54, 1.807) is 13.0 Å². The van der Waals surface area contributed by atoms with Gasteiger partial charge in [-0.25, -0.2) is 9.37 Å². The number of benzene rings is 2. The van der Waals surface area contributed by atoms with Crippen molar-refractivity contribution in [3.8, 4) is 28.1 Å². The highest BCUT2D eigenvalue weighted by Gasteiger charge is 2.37. The van der Waals surface area contributed by atoms with Gasteiger partial charge in [0.05, 0.1) is 41.2 Å². The summed E-state index contributed by atoms with van der Waals surface area (Å²) in [6.45, 7) is 1.68. The molecule has 2 aromatic heterocycles. The van der Waals surface area contributed by atoms with Crippen LogP contribution in [0.1, 0.15) is 16.7 Å². The summed E-state index contributed by atoms with van der Waals surface area (Å²) < 4.78 is 94.9. The van der Waals surface area contributed by atoms with Gasteiger partial charge in [-0.05, 0) is 54.4 Å². The molecule has 3 nitrogen and oxygen atoms in total. The Labute approximate surface area is 183 Å². The molecule has 10 heteroatoms. The Morgan fingerprint density at radius 1 is 0.758 bits per heavy atom. The van der Waals surface area contributed by atoms with Crippen LogP contribution in [0.5, 0.6) is 0 Å². The van der Waals surface area contributed by atoms with Crippen molar-refractivity contribution in [2.75, 3.05) is 0 Å². The van der Waals surface area contributed by atoms with Crippen molar-refractivity contribution in [1.82, 2.24) is 14.5 Å². The average molecular weight is 465 g/mol. The van der Waals surface area contributed by atoms with Gasteiger partial charge in [-0.15, -0.1) is 0 Å². The molecule has 0 radical (unpaired) electrons. The molecule has 0 aliphatic heterocycles. The molecular weight excluding hydrogens is 451 g/mol. The van der Waals surface area contributed by atoms with Crippen LogP contribution in [0.2, 0.25) is 0 Å². The first-order valence-electron chi connectivity index (χ1n) is 9.48. The predicted octanol–water partition coefficient (Wildman–Crippen LogP) is 7.09. The van der Waals surface area contributed by atoms with Gasteiger partial charge in [0.2, 0.25) is 0 Å². The Bertz CT molecular complexity index is 1290. The van der Waals surface area contributed by atoms with E-state index in [1.807, 2.05) is 0 Å². The van der Waals surface area contributed by atoms with Gasteiger partial charge in [0, 0.05) is 17.3 Å². The zero-order chi connectivity index (χ0) is 24.0. The van der Waals surface area contributed by atoms with E-state index in [4.69, 9.17) is 0 Å². The fraction of sp³-hybridized carbons (Fsp3) is 0.130. The van der Waals surface area contributed by atoms with E-state index in [2.05, 4.69) is 9.97 Å². The van der Waals surface area contributed by atoms with Crippen molar-refractivity contribution in [2.24, 2.45) is 0 Å². The summed E-state index contributed by atoms with van der Waals surface area (Å²) in [6.07, 6.45) is -4.64. The first kappa shape index (κ1) is 22.5. The lowest BCUT2D eigenvalue weighted by molar-refractivity contribution is -0.143. The first-order chi connectivity index (χ1) is 15.4. The van der Waals surface area contributed by atoms with Gasteiger partial charge in [0.1, 0.15) is 5.82 Å². The molecule has 0 atom stereocenters. The molecule has 170 valence electrons. The molecule has 0 saturated carbocycles. The summed E-state index contributed by atoms with van der Waals surface area (Å²) in [4.78, 5) is 7.98. The second-order valence-electron chi connectivity index (χ2n) is 7.30. The van der Waals surface area contributed by atoms with E-state index in [-0.39, 0.29) is 17.3 Å². The third kappa shape index (κ3) is 4.46. The van der Waals surface area contributed by atoms with Gasteiger partial charge in [0.15, 0.2) is 0 Å². The van der Waals surface area contributed by atoms with E-state index in [1.165, 1.54) is 47.7 Å². The Kier molecular flexibility index (Phi) is 5.47. The summed E-state index contributed by atoms with van der Waals surface area (Å²) in [5.74, 6) is -0.446. The quantitative estimate of drug-likeness (QED) is 0.303. The minimum Gasteiger partial charge on any atom is -0.297 e. The third-order valence-corrected chi connectivity index (χ3v) is 5.06. The van der Waals surface area contributed by atoms with E-state index in [0.717, 1.165) is 0 Å². The molecule has 2 aromatic carbocycles. The zero-order valence-electron chi connectivity index (χ0n) is 16.8. The van der Waals surface area contributed by atoms with E-state index < -0.39 is 29.3 Å². The van der Waals surface area contributed by atoms with Crippen molar-refractivity contribution in [1.29, 1.82) is 0 Å². The normalized spacial score (nSPS) is 12.2. The number of rotatable bonds is 3. The van der Waals surface area contributed by atoms with E-state index >= 15 is 0 Å². The number of nitrogens with zero attached hydrogens (tertiary/aromatic N) is 3. The van der Waals surface area contributed by atoms with Crippen LogP contribution in [0.25, 0.3) is 28.1 Å². The lowest BCUT2D eigenvalue weighted by atomic mass is 9.99. The smallest absolute Gasteiger partial charge is 0.297 e. The van der Waals surface area contributed by atoms with Crippen molar-refractivity contribution >= 4 is 0 Å². The number of pyridine rings is 1. The summed E-state index contributed by atoms with van der Waals surface area (Å²) in [7, 11) is 0. The number of imidazole rings is 1. The summed E-state index contributed by atoms with van der Waals surface area (Å²) in [5.41, 5.74) is -1.07. The molecule has 0 unspecified atom stereocenters. The van der Waals surface area contributed by atoms with Gasteiger partial charge < -0.3 is 0 Å². The SMILES string of the molecule is Cc1cc(F)ccc1-c1ccncc1-n1cncc1-c1cc(C(F)(F)F)cc(C(F)(F)F)c1. The highest BCUT2D eigenvalue weighted by Crippen LogP contribution is 2.39. The fourth-order valence-electron chi connectivity index (χ4n) is 3.54. The van der Waals surface area contributed by atoms with Crippen LogP contribution in [0, 0.1) is 12.7 Å². The monoisotopic (exact) mass is 465 g/mol. The van der Waals surface area contributed by atoms with Crippen LogP contribution < -0.4 is 0 Å². The first-order valence-corrected chi connectivity index (χ1v) is 9.48. The second kappa shape index (κ2) is 8.02. The Balaban J connectivity index is 1.93. The topological polar surface area (TPSA) is 30.7 Å². The molecule has 2 heterocycles. The number of aryl methyl sites for hydroxylation is 1. The number of alkyl halides is 6. The molecule has 0 spiro atoms.